The maximum Gasteiger partial charge on any atom is 0.0236 e. The second kappa shape index (κ2) is 5.48. The normalized spacial score (nSPS) is 25.8. The van der Waals surface area contributed by atoms with Crippen molar-refractivity contribution in [3.8, 4) is 0 Å². The highest BCUT2D eigenvalue weighted by molar-refractivity contribution is 5.64. The highest BCUT2D eigenvalue weighted by Gasteiger charge is 2.23. The molecule has 2 nitrogen and oxygen atoms in total. The van der Waals surface area contributed by atoms with Gasteiger partial charge in [-0.2, -0.15) is 0 Å². The lowest BCUT2D eigenvalue weighted by Gasteiger charge is -2.36. The molecule has 0 bridgehead atoms. The van der Waals surface area contributed by atoms with Crippen LogP contribution in [0.25, 0.3) is 5.57 Å². The molecule has 1 aliphatic rings. The first kappa shape index (κ1) is 12.3. The van der Waals surface area contributed by atoms with Crippen molar-refractivity contribution in [2.24, 2.45) is 5.73 Å². The number of likely N-dealkylation sites (tertiary alicyclic amines) is 1. The summed E-state index contributed by atoms with van der Waals surface area (Å²) in [7, 11) is 0. The van der Waals surface area contributed by atoms with E-state index in [1.54, 1.807) is 0 Å². The van der Waals surface area contributed by atoms with E-state index in [9.17, 15) is 0 Å². The Hall–Kier alpha value is -1.12. The third-order valence-corrected chi connectivity index (χ3v) is 3.63. The Morgan fingerprint density at radius 2 is 2.12 bits per heavy atom. The first-order chi connectivity index (χ1) is 8.16. The molecule has 1 saturated heterocycles. The molecule has 2 heteroatoms. The second-order valence-electron chi connectivity index (χ2n) is 5.07. The molecule has 17 heavy (non-hydrogen) atoms. The number of benzene rings is 1. The van der Waals surface area contributed by atoms with Crippen molar-refractivity contribution < 1.29 is 0 Å². The largest absolute Gasteiger partial charge is 0.328 e. The number of piperidine rings is 1. The van der Waals surface area contributed by atoms with Gasteiger partial charge in [0.1, 0.15) is 0 Å². The highest BCUT2D eigenvalue weighted by Crippen LogP contribution is 2.20. The number of nitrogens with zero attached hydrogens (tertiary/aromatic N) is 1. The summed E-state index contributed by atoms with van der Waals surface area (Å²) in [5, 5.41) is 0. The van der Waals surface area contributed by atoms with Gasteiger partial charge in [0.05, 0.1) is 0 Å². The molecule has 0 aliphatic carbocycles. The average Bonchev–Trinajstić information content (AvgIpc) is 2.34. The first-order valence-corrected chi connectivity index (χ1v) is 6.39. The predicted molar refractivity (Wildman–Crippen MR) is 73.7 cm³/mol. The zero-order chi connectivity index (χ0) is 12.3. The molecule has 1 aliphatic heterocycles. The number of hydrogen-bond acceptors (Lipinski definition) is 2. The molecule has 1 fully saturated rings. The quantitative estimate of drug-likeness (QED) is 0.864. The van der Waals surface area contributed by atoms with Gasteiger partial charge < -0.3 is 5.73 Å². The van der Waals surface area contributed by atoms with Crippen molar-refractivity contribution in [3.63, 3.8) is 0 Å². The Morgan fingerprint density at radius 1 is 1.41 bits per heavy atom. The van der Waals surface area contributed by atoms with Crippen molar-refractivity contribution in [3.05, 3.63) is 42.5 Å². The van der Waals surface area contributed by atoms with Crippen molar-refractivity contribution in [2.75, 3.05) is 13.1 Å². The zero-order valence-corrected chi connectivity index (χ0v) is 10.6. The molecule has 0 saturated carbocycles. The molecular weight excluding hydrogens is 208 g/mol. The molecular formula is C15H22N2. The Balaban J connectivity index is 1.95. The molecule has 0 radical (unpaired) electrons. The van der Waals surface area contributed by atoms with Crippen LogP contribution in [0, 0.1) is 0 Å². The van der Waals surface area contributed by atoms with E-state index in [0.29, 0.717) is 12.1 Å². The molecule has 2 atom stereocenters. The Labute approximate surface area is 104 Å². The molecule has 1 aromatic carbocycles. The van der Waals surface area contributed by atoms with E-state index in [-0.39, 0.29) is 0 Å². The second-order valence-corrected chi connectivity index (χ2v) is 5.07. The third kappa shape index (κ3) is 3.18. The van der Waals surface area contributed by atoms with Crippen LogP contribution in [0.3, 0.4) is 0 Å². The van der Waals surface area contributed by atoms with Gasteiger partial charge in [-0.25, -0.2) is 0 Å². The topological polar surface area (TPSA) is 29.3 Å². The van der Waals surface area contributed by atoms with Gasteiger partial charge in [-0.1, -0.05) is 36.9 Å². The summed E-state index contributed by atoms with van der Waals surface area (Å²) in [5.74, 6) is 0. The van der Waals surface area contributed by atoms with Gasteiger partial charge in [0, 0.05) is 25.2 Å². The van der Waals surface area contributed by atoms with E-state index in [4.69, 9.17) is 5.73 Å². The molecule has 0 spiro atoms. The molecule has 2 N–H and O–H groups in total. The molecule has 2 unspecified atom stereocenters. The maximum atomic E-state index is 5.98. The summed E-state index contributed by atoms with van der Waals surface area (Å²) in [6.45, 7) is 8.51. The van der Waals surface area contributed by atoms with Crippen molar-refractivity contribution in [1.82, 2.24) is 4.90 Å². The van der Waals surface area contributed by atoms with Crippen LogP contribution in [0.4, 0.5) is 0 Å². The predicted octanol–water partition coefficient (Wildman–Crippen LogP) is 2.51. The van der Waals surface area contributed by atoms with Gasteiger partial charge in [0.2, 0.25) is 0 Å². The van der Waals surface area contributed by atoms with Crippen LogP contribution in [0.5, 0.6) is 0 Å². The summed E-state index contributed by atoms with van der Waals surface area (Å²) in [4.78, 5) is 2.48. The summed E-state index contributed by atoms with van der Waals surface area (Å²) in [5.41, 5.74) is 8.43. The van der Waals surface area contributed by atoms with Crippen LogP contribution in [-0.4, -0.2) is 30.1 Å². The minimum atomic E-state index is 0.381. The summed E-state index contributed by atoms with van der Waals surface area (Å²) in [6, 6.07) is 11.4. The fourth-order valence-corrected chi connectivity index (χ4v) is 2.50. The minimum Gasteiger partial charge on any atom is -0.328 e. The van der Waals surface area contributed by atoms with Crippen LogP contribution in [-0.2, 0) is 0 Å². The Kier molecular flexibility index (Phi) is 3.97. The van der Waals surface area contributed by atoms with E-state index in [2.05, 4.69) is 42.7 Å². The van der Waals surface area contributed by atoms with Crippen molar-refractivity contribution in [2.45, 2.75) is 31.8 Å². The summed E-state index contributed by atoms with van der Waals surface area (Å²) < 4.78 is 0. The zero-order valence-electron chi connectivity index (χ0n) is 10.6. The average molecular weight is 230 g/mol. The van der Waals surface area contributed by atoms with Crippen LogP contribution in [0.2, 0.25) is 0 Å². The first-order valence-electron chi connectivity index (χ1n) is 6.39. The van der Waals surface area contributed by atoms with Gasteiger partial charge in [0.25, 0.3) is 0 Å². The van der Waals surface area contributed by atoms with Gasteiger partial charge in [-0.3, -0.25) is 4.90 Å². The SMILES string of the molecule is C=C(CN1CCC(N)CC1C)c1ccccc1. The number of rotatable bonds is 3. The van der Waals surface area contributed by atoms with Crippen LogP contribution >= 0.6 is 0 Å². The number of hydrogen-bond donors (Lipinski definition) is 1. The van der Waals surface area contributed by atoms with E-state index < -0.39 is 0 Å². The fraction of sp³-hybridized carbons (Fsp3) is 0.467. The van der Waals surface area contributed by atoms with Gasteiger partial charge in [0.15, 0.2) is 0 Å². The molecule has 92 valence electrons. The molecule has 0 amide bonds. The van der Waals surface area contributed by atoms with E-state index in [0.717, 1.165) is 25.9 Å². The molecule has 1 heterocycles. The highest BCUT2D eigenvalue weighted by atomic mass is 15.2. The minimum absolute atomic E-state index is 0.381. The summed E-state index contributed by atoms with van der Waals surface area (Å²) in [6.07, 6.45) is 2.20. The molecule has 2 rings (SSSR count). The van der Waals surface area contributed by atoms with Crippen molar-refractivity contribution in [1.29, 1.82) is 0 Å². The lowest BCUT2D eigenvalue weighted by Crippen LogP contribution is -2.45. The standard InChI is InChI=1S/C15H22N2/c1-12(14-6-4-3-5-7-14)11-17-9-8-15(16)10-13(17)2/h3-7,13,15H,1,8-11,16H2,2H3. The monoisotopic (exact) mass is 230 g/mol. The number of nitrogens with two attached hydrogens (primary N) is 1. The summed E-state index contributed by atoms with van der Waals surface area (Å²) >= 11 is 0. The van der Waals surface area contributed by atoms with Crippen molar-refractivity contribution >= 4 is 5.57 Å². The van der Waals surface area contributed by atoms with Gasteiger partial charge >= 0.3 is 0 Å². The Morgan fingerprint density at radius 3 is 2.76 bits per heavy atom. The Bertz CT molecular complexity index is 372. The third-order valence-electron chi connectivity index (χ3n) is 3.63. The molecule has 1 aromatic rings. The van der Waals surface area contributed by atoms with Crippen LogP contribution in [0.15, 0.2) is 36.9 Å². The lowest BCUT2D eigenvalue weighted by molar-refractivity contribution is 0.167. The van der Waals surface area contributed by atoms with Gasteiger partial charge in [-0.05, 0) is 30.9 Å². The van der Waals surface area contributed by atoms with E-state index in [1.807, 2.05) is 6.07 Å². The van der Waals surface area contributed by atoms with Gasteiger partial charge in [-0.15, -0.1) is 0 Å². The van der Waals surface area contributed by atoms with Crippen LogP contribution < -0.4 is 5.73 Å². The van der Waals surface area contributed by atoms with Crippen LogP contribution in [0.1, 0.15) is 25.3 Å². The smallest absolute Gasteiger partial charge is 0.0236 e. The van der Waals surface area contributed by atoms with E-state index >= 15 is 0 Å². The maximum absolute atomic E-state index is 5.98. The lowest BCUT2D eigenvalue weighted by atomic mass is 9.97. The fourth-order valence-electron chi connectivity index (χ4n) is 2.50. The van der Waals surface area contributed by atoms with E-state index in [1.165, 1.54) is 11.1 Å². The molecule has 0 aromatic heterocycles.